The molecule has 0 aromatic rings. The van der Waals surface area contributed by atoms with E-state index in [-0.39, 0.29) is 6.42 Å². The first kappa shape index (κ1) is 20.2. The molecule has 0 aliphatic carbocycles. The van der Waals surface area contributed by atoms with E-state index in [9.17, 15) is 14.4 Å². The Labute approximate surface area is 128 Å². The van der Waals surface area contributed by atoms with Gasteiger partial charge in [0.05, 0.1) is 0 Å². The molecule has 8 N–H and O–H groups in total. The van der Waals surface area contributed by atoms with Crippen LogP contribution in [0, 0.1) is 5.41 Å². The molecular formula is C12H24N4O6. The van der Waals surface area contributed by atoms with E-state index in [1.165, 1.54) is 0 Å². The number of rotatable bonds is 14. The molecule has 0 aliphatic heterocycles. The van der Waals surface area contributed by atoms with E-state index in [0.29, 0.717) is 6.42 Å². The van der Waals surface area contributed by atoms with Crippen molar-refractivity contribution in [1.82, 2.24) is 16.5 Å². The third-order valence-electron chi connectivity index (χ3n) is 3.36. The monoisotopic (exact) mass is 320 g/mol. The smallest absolute Gasteiger partial charge is 0.332 e. The summed E-state index contributed by atoms with van der Waals surface area (Å²) in [6, 6.07) is 0. The van der Waals surface area contributed by atoms with Crippen molar-refractivity contribution in [3.05, 3.63) is 0 Å². The Bertz CT molecular complexity index is 341. The molecule has 0 saturated heterocycles. The van der Waals surface area contributed by atoms with Gasteiger partial charge in [-0.25, -0.2) is 5.43 Å². The molecule has 0 saturated carbocycles. The first-order chi connectivity index (χ1) is 10.4. The lowest BCUT2D eigenvalue weighted by Gasteiger charge is -2.19. The Morgan fingerprint density at radius 2 is 1.27 bits per heavy atom. The molecular weight excluding hydrogens is 296 g/mol. The summed E-state index contributed by atoms with van der Waals surface area (Å²) < 4.78 is 0. The molecule has 0 aliphatic rings. The van der Waals surface area contributed by atoms with E-state index in [0.717, 1.165) is 32.2 Å². The van der Waals surface area contributed by atoms with Gasteiger partial charge in [-0.05, 0) is 12.8 Å². The highest BCUT2D eigenvalue weighted by Crippen LogP contribution is 2.27. The Hall–Kier alpha value is -1.75. The van der Waals surface area contributed by atoms with Gasteiger partial charge in [-0.3, -0.25) is 20.2 Å². The Kier molecular flexibility index (Phi) is 10.0. The first-order valence-corrected chi connectivity index (χ1v) is 7.03. The van der Waals surface area contributed by atoms with Crippen molar-refractivity contribution in [2.24, 2.45) is 11.3 Å². The number of nitrogens with one attached hydrogen (secondary N) is 3. The normalized spacial score (nSPS) is 11.3. The van der Waals surface area contributed by atoms with Crippen molar-refractivity contribution in [3.8, 4) is 0 Å². The minimum atomic E-state index is -2.75. The highest BCUT2D eigenvalue weighted by Gasteiger charge is 2.53. The lowest BCUT2D eigenvalue weighted by molar-refractivity contribution is -0.176. The molecule has 128 valence electrons. The van der Waals surface area contributed by atoms with Crippen LogP contribution in [0.2, 0.25) is 0 Å². The molecule has 22 heavy (non-hydrogen) atoms. The minimum Gasteiger partial charge on any atom is -0.480 e. The zero-order valence-corrected chi connectivity index (χ0v) is 12.3. The zero-order valence-electron chi connectivity index (χ0n) is 12.3. The van der Waals surface area contributed by atoms with Crippen molar-refractivity contribution >= 4 is 17.9 Å². The van der Waals surface area contributed by atoms with E-state index in [1.807, 2.05) is 0 Å². The Morgan fingerprint density at radius 1 is 0.818 bits per heavy atom. The second kappa shape index (κ2) is 10.9. The maximum absolute atomic E-state index is 11.0. The average molecular weight is 320 g/mol. The van der Waals surface area contributed by atoms with Crippen LogP contribution in [0.25, 0.3) is 0 Å². The molecule has 0 radical (unpaired) electrons. The summed E-state index contributed by atoms with van der Waals surface area (Å²) in [6.07, 6.45) is 3.96. The molecule has 0 heterocycles. The van der Waals surface area contributed by atoms with Crippen molar-refractivity contribution in [2.45, 2.75) is 44.9 Å². The van der Waals surface area contributed by atoms with E-state index in [2.05, 4.69) is 16.5 Å². The third kappa shape index (κ3) is 6.35. The second-order valence-corrected chi connectivity index (χ2v) is 4.89. The number of aliphatic carboxylic acids is 3. The molecule has 0 spiro atoms. The van der Waals surface area contributed by atoms with Gasteiger partial charge >= 0.3 is 17.9 Å². The molecule has 0 bridgehead atoms. The van der Waals surface area contributed by atoms with Gasteiger partial charge in [0.25, 0.3) is 5.41 Å². The third-order valence-corrected chi connectivity index (χ3v) is 3.36. The number of hydrogen-bond acceptors (Lipinski definition) is 7. The molecule has 0 aromatic carbocycles. The predicted molar refractivity (Wildman–Crippen MR) is 76.1 cm³/mol. The molecule has 0 aromatic heterocycles. The number of carboxylic acid groups (broad SMARTS) is 3. The van der Waals surface area contributed by atoms with Crippen molar-refractivity contribution in [3.63, 3.8) is 0 Å². The molecule has 0 atom stereocenters. The number of carboxylic acids is 3. The van der Waals surface area contributed by atoms with Gasteiger partial charge < -0.3 is 15.3 Å². The summed E-state index contributed by atoms with van der Waals surface area (Å²) in [5.74, 6) is -0.527. The van der Waals surface area contributed by atoms with Crippen LogP contribution in [0.5, 0.6) is 0 Å². The van der Waals surface area contributed by atoms with Gasteiger partial charge in [-0.1, -0.05) is 32.1 Å². The fourth-order valence-corrected chi connectivity index (χ4v) is 2.02. The average Bonchev–Trinajstić information content (AvgIpc) is 2.43. The Morgan fingerprint density at radius 3 is 1.73 bits per heavy atom. The molecule has 0 fully saturated rings. The van der Waals surface area contributed by atoms with Crippen LogP contribution in [0.15, 0.2) is 0 Å². The van der Waals surface area contributed by atoms with Crippen LogP contribution in [-0.2, 0) is 14.4 Å². The highest BCUT2D eigenvalue weighted by atomic mass is 16.4. The van der Waals surface area contributed by atoms with Crippen LogP contribution in [0.1, 0.15) is 44.9 Å². The summed E-state index contributed by atoms with van der Waals surface area (Å²) in [6.45, 7) is 0.727. The van der Waals surface area contributed by atoms with Crippen LogP contribution in [0.3, 0.4) is 0 Å². The summed E-state index contributed by atoms with van der Waals surface area (Å²) in [4.78, 5) is 33.0. The summed E-state index contributed by atoms with van der Waals surface area (Å²) in [5, 5.41) is 26.8. The summed E-state index contributed by atoms with van der Waals surface area (Å²) in [5.41, 5.74) is 4.81. The van der Waals surface area contributed by atoms with Crippen molar-refractivity contribution < 1.29 is 29.7 Å². The van der Waals surface area contributed by atoms with E-state index in [4.69, 9.17) is 21.2 Å². The maximum atomic E-state index is 11.0. The number of hydrazine groups is 3. The van der Waals surface area contributed by atoms with Crippen molar-refractivity contribution in [1.29, 1.82) is 0 Å². The predicted octanol–water partition coefficient (Wildman–Crippen LogP) is -0.570. The van der Waals surface area contributed by atoms with Crippen LogP contribution in [0.4, 0.5) is 0 Å². The van der Waals surface area contributed by atoms with Gasteiger partial charge in [0.15, 0.2) is 0 Å². The largest absolute Gasteiger partial charge is 0.480 e. The van der Waals surface area contributed by atoms with Gasteiger partial charge in [-0.15, -0.1) is 0 Å². The lowest BCUT2D eigenvalue weighted by Crippen LogP contribution is -2.47. The van der Waals surface area contributed by atoms with Crippen molar-refractivity contribution in [2.75, 3.05) is 6.54 Å². The summed E-state index contributed by atoms with van der Waals surface area (Å²) >= 11 is 0. The van der Waals surface area contributed by atoms with Gasteiger partial charge in [0.1, 0.15) is 0 Å². The van der Waals surface area contributed by atoms with Gasteiger partial charge in [-0.2, -0.15) is 11.1 Å². The Balaban J connectivity index is 3.94. The fraction of sp³-hybridized carbons (Fsp3) is 0.750. The van der Waals surface area contributed by atoms with E-state index in [1.54, 1.807) is 0 Å². The molecule has 10 heteroatoms. The highest BCUT2D eigenvalue weighted by molar-refractivity contribution is 6.16. The minimum absolute atomic E-state index is 0.238. The molecule has 0 rings (SSSR count). The van der Waals surface area contributed by atoms with Gasteiger partial charge in [0, 0.05) is 6.54 Å². The topological polar surface area (TPSA) is 174 Å². The second-order valence-electron chi connectivity index (χ2n) is 4.89. The number of nitrogens with two attached hydrogens (primary N) is 1. The van der Waals surface area contributed by atoms with Gasteiger partial charge in [0.2, 0.25) is 0 Å². The molecule has 0 amide bonds. The zero-order chi connectivity index (χ0) is 17.0. The standard InChI is InChI=1S/C12H24N4O6/c13-15-16-14-8-6-4-2-1-3-5-7-12(9(17)18,10(19)20)11(21)22/h14-16H,1-8,13H2,(H,17,18)(H,19,20)(H,21,22). The first-order valence-electron chi connectivity index (χ1n) is 7.03. The molecule has 10 nitrogen and oxygen atoms in total. The fourth-order valence-electron chi connectivity index (χ4n) is 2.02. The number of carbonyl (C=O) groups is 3. The van der Waals surface area contributed by atoms with Crippen LogP contribution >= 0.6 is 0 Å². The number of hydrogen-bond donors (Lipinski definition) is 7. The van der Waals surface area contributed by atoms with E-state index >= 15 is 0 Å². The lowest BCUT2D eigenvalue weighted by atomic mass is 9.82. The van der Waals surface area contributed by atoms with Crippen LogP contribution in [-0.4, -0.2) is 39.8 Å². The van der Waals surface area contributed by atoms with E-state index < -0.39 is 29.7 Å². The molecule has 0 unspecified atom stereocenters. The maximum Gasteiger partial charge on any atom is 0.332 e. The SMILES string of the molecule is NNNNCCCCCCCCC(C(=O)O)(C(=O)O)C(=O)O. The van der Waals surface area contributed by atoms with Crippen LogP contribution < -0.4 is 22.3 Å². The summed E-state index contributed by atoms with van der Waals surface area (Å²) in [7, 11) is 0. The number of unbranched alkanes of at least 4 members (excludes halogenated alkanes) is 5. The quantitative estimate of drug-likeness (QED) is 0.0949.